The Labute approximate surface area is 179 Å². The van der Waals surface area contributed by atoms with Crippen molar-refractivity contribution in [3.63, 3.8) is 0 Å². The first-order valence-corrected chi connectivity index (χ1v) is 10.6. The third-order valence-electron chi connectivity index (χ3n) is 6.01. The van der Waals surface area contributed by atoms with Crippen LogP contribution in [0.1, 0.15) is 50.0 Å². The Kier molecular flexibility index (Phi) is 6.16. The van der Waals surface area contributed by atoms with Crippen molar-refractivity contribution < 1.29 is 14.1 Å². The van der Waals surface area contributed by atoms with Crippen LogP contribution in [0.2, 0.25) is 0 Å². The highest BCUT2D eigenvalue weighted by atomic mass is 16.6. The fourth-order valence-electron chi connectivity index (χ4n) is 4.37. The van der Waals surface area contributed by atoms with Gasteiger partial charge in [0.15, 0.2) is 5.58 Å². The zero-order valence-corrected chi connectivity index (χ0v) is 17.2. The monoisotopic (exact) mass is 423 g/mol. The van der Waals surface area contributed by atoms with Gasteiger partial charge in [-0.3, -0.25) is 19.5 Å². The van der Waals surface area contributed by atoms with Crippen LogP contribution in [0.4, 0.5) is 5.69 Å². The summed E-state index contributed by atoms with van der Waals surface area (Å²) in [4.78, 5) is 34.8. The smallest absolute Gasteiger partial charge is 0.407 e. The topological polar surface area (TPSA) is 107 Å². The number of nitro groups is 1. The molecule has 4 rings (SSSR count). The number of aryl methyl sites for hydroxylation is 1. The summed E-state index contributed by atoms with van der Waals surface area (Å²) < 4.78 is 6.53. The molecular weight excluding hydrogens is 398 g/mol. The highest BCUT2D eigenvalue weighted by molar-refractivity contribution is 5.77. The van der Waals surface area contributed by atoms with Crippen LogP contribution in [-0.2, 0) is 11.3 Å². The number of oxazole rings is 1. The number of benzene rings is 2. The molecular formula is C23H25N3O5. The van der Waals surface area contributed by atoms with E-state index in [4.69, 9.17) is 4.42 Å². The Hall–Kier alpha value is -3.42. The Morgan fingerprint density at radius 2 is 1.87 bits per heavy atom. The molecule has 1 heterocycles. The van der Waals surface area contributed by atoms with Gasteiger partial charge in [0.2, 0.25) is 5.91 Å². The molecule has 1 aromatic heterocycles. The lowest BCUT2D eigenvalue weighted by Gasteiger charge is -2.29. The number of carbonyl (C=O) groups excluding carboxylic acids is 1. The first kappa shape index (κ1) is 20.8. The van der Waals surface area contributed by atoms with Crippen LogP contribution in [0.3, 0.4) is 0 Å². The van der Waals surface area contributed by atoms with Crippen LogP contribution < -0.4 is 11.1 Å². The maximum atomic E-state index is 12.4. The van der Waals surface area contributed by atoms with Crippen LogP contribution in [0.15, 0.2) is 57.7 Å². The van der Waals surface area contributed by atoms with E-state index in [0.717, 1.165) is 25.7 Å². The van der Waals surface area contributed by atoms with Crippen molar-refractivity contribution in [1.29, 1.82) is 0 Å². The van der Waals surface area contributed by atoms with Crippen LogP contribution in [0.25, 0.3) is 11.1 Å². The summed E-state index contributed by atoms with van der Waals surface area (Å²) in [6, 6.07) is 14.8. The lowest BCUT2D eigenvalue weighted by atomic mass is 9.82. The third-order valence-corrected chi connectivity index (χ3v) is 6.01. The van der Waals surface area contributed by atoms with Crippen molar-refractivity contribution in [2.75, 3.05) is 0 Å². The van der Waals surface area contributed by atoms with E-state index in [2.05, 4.69) is 29.6 Å². The number of aromatic nitrogens is 1. The van der Waals surface area contributed by atoms with Gasteiger partial charge >= 0.3 is 5.76 Å². The number of fused-ring (bicyclic) bond motifs is 1. The molecule has 0 spiro atoms. The van der Waals surface area contributed by atoms with Crippen molar-refractivity contribution in [3.05, 3.63) is 74.8 Å². The standard InChI is InChI=1S/C23H25N3O5/c27-22(24-18-10-8-17(9-11-18)16-5-2-1-3-6-16)7-4-14-25-20-13-12-19(26(29)30)15-21(20)31-23(25)28/h1-3,5-6,12-13,15,17-18H,4,7-11,14H2,(H,24,27). The lowest BCUT2D eigenvalue weighted by Crippen LogP contribution is -2.37. The van der Waals surface area contributed by atoms with Crippen molar-refractivity contribution in [3.8, 4) is 0 Å². The molecule has 3 aromatic rings. The molecule has 1 aliphatic rings. The maximum absolute atomic E-state index is 12.4. The van der Waals surface area contributed by atoms with Gasteiger partial charge in [-0.1, -0.05) is 30.3 Å². The van der Waals surface area contributed by atoms with Crippen LogP contribution in [-0.4, -0.2) is 21.4 Å². The number of nitrogens with one attached hydrogen (secondary N) is 1. The molecule has 0 saturated heterocycles. The summed E-state index contributed by atoms with van der Waals surface area (Å²) in [5, 5.41) is 14.0. The SMILES string of the molecule is O=C(CCCn1c(=O)oc2cc([N+](=O)[O-])ccc21)NC1CCC(c2ccccc2)CC1. The molecule has 1 fully saturated rings. The molecule has 0 unspecified atom stereocenters. The molecule has 1 amide bonds. The van der Waals surface area contributed by atoms with Crippen LogP contribution >= 0.6 is 0 Å². The molecule has 0 atom stereocenters. The molecule has 2 aromatic carbocycles. The maximum Gasteiger partial charge on any atom is 0.419 e. The van der Waals surface area contributed by atoms with E-state index in [9.17, 15) is 19.7 Å². The molecule has 8 heteroatoms. The number of amides is 1. The summed E-state index contributed by atoms with van der Waals surface area (Å²) in [7, 11) is 0. The van der Waals surface area contributed by atoms with Gasteiger partial charge in [-0.05, 0) is 49.7 Å². The first-order chi connectivity index (χ1) is 15.0. The molecule has 1 N–H and O–H groups in total. The quantitative estimate of drug-likeness (QED) is 0.454. The number of nitro benzene ring substituents is 1. The van der Waals surface area contributed by atoms with E-state index in [-0.39, 0.29) is 23.2 Å². The number of rotatable bonds is 7. The van der Waals surface area contributed by atoms with E-state index >= 15 is 0 Å². The highest BCUT2D eigenvalue weighted by Gasteiger charge is 2.23. The first-order valence-electron chi connectivity index (χ1n) is 10.6. The Balaban J connectivity index is 1.26. The molecule has 0 radical (unpaired) electrons. The average Bonchev–Trinajstić information content (AvgIpc) is 3.09. The summed E-state index contributed by atoms with van der Waals surface area (Å²) in [6.07, 6.45) is 4.86. The number of non-ortho nitro benzene ring substituents is 1. The largest absolute Gasteiger partial charge is 0.419 e. The number of hydrogen-bond acceptors (Lipinski definition) is 5. The van der Waals surface area contributed by atoms with Gasteiger partial charge in [-0.25, -0.2) is 4.79 Å². The molecule has 31 heavy (non-hydrogen) atoms. The van der Waals surface area contributed by atoms with E-state index in [1.165, 1.54) is 28.3 Å². The van der Waals surface area contributed by atoms with Crippen LogP contribution in [0.5, 0.6) is 0 Å². The predicted molar refractivity (Wildman–Crippen MR) is 116 cm³/mol. The minimum Gasteiger partial charge on any atom is -0.407 e. The number of carbonyl (C=O) groups is 1. The summed E-state index contributed by atoms with van der Waals surface area (Å²) in [5.74, 6) is -0.0267. The minimum atomic E-state index is -0.574. The molecule has 8 nitrogen and oxygen atoms in total. The Morgan fingerprint density at radius 1 is 1.13 bits per heavy atom. The van der Waals surface area contributed by atoms with E-state index in [1.807, 2.05) is 6.07 Å². The fraction of sp³-hybridized carbons (Fsp3) is 0.391. The summed E-state index contributed by atoms with van der Waals surface area (Å²) >= 11 is 0. The van der Waals surface area contributed by atoms with Gasteiger partial charge in [0.25, 0.3) is 5.69 Å². The van der Waals surface area contributed by atoms with Gasteiger partial charge in [-0.2, -0.15) is 0 Å². The van der Waals surface area contributed by atoms with Gasteiger partial charge in [0, 0.05) is 25.1 Å². The normalized spacial score (nSPS) is 18.7. The predicted octanol–water partition coefficient (Wildman–Crippen LogP) is 4.13. The molecule has 162 valence electrons. The Bertz CT molecular complexity index is 1130. The van der Waals surface area contributed by atoms with Gasteiger partial charge in [0.1, 0.15) is 0 Å². The fourth-order valence-corrected chi connectivity index (χ4v) is 4.37. The van der Waals surface area contributed by atoms with E-state index in [0.29, 0.717) is 30.8 Å². The molecule has 0 bridgehead atoms. The van der Waals surface area contributed by atoms with Gasteiger partial charge in [0.05, 0.1) is 16.5 Å². The Morgan fingerprint density at radius 3 is 2.58 bits per heavy atom. The van der Waals surface area contributed by atoms with Gasteiger partial charge in [-0.15, -0.1) is 0 Å². The number of hydrogen-bond donors (Lipinski definition) is 1. The summed E-state index contributed by atoms with van der Waals surface area (Å²) in [6.45, 7) is 0.317. The highest BCUT2D eigenvalue weighted by Crippen LogP contribution is 2.32. The van der Waals surface area contributed by atoms with Crippen molar-refractivity contribution in [2.24, 2.45) is 0 Å². The third kappa shape index (κ3) is 4.84. The minimum absolute atomic E-state index is 0.0142. The molecule has 1 aliphatic carbocycles. The van der Waals surface area contributed by atoms with E-state index in [1.54, 1.807) is 0 Å². The second kappa shape index (κ2) is 9.16. The van der Waals surface area contributed by atoms with Crippen molar-refractivity contribution >= 4 is 22.7 Å². The molecule has 1 saturated carbocycles. The zero-order chi connectivity index (χ0) is 21.8. The number of nitrogens with zero attached hydrogens (tertiary/aromatic N) is 2. The van der Waals surface area contributed by atoms with Crippen LogP contribution in [0, 0.1) is 10.1 Å². The average molecular weight is 423 g/mol. The molecule has 0 aliphatic heterocycles. The second-order valence-electron chi connectivity index (χ2n) is 8.06. The van der Waals surface area contributed by atoms with Crippen molar-refractivity contribution in [2.45, 2.75) is 57.0 Å². The second-order valence-corrected chi connectivity index (χ2v) is 8.06. The lowest BCUT2D eigenvalue weighted by molar-refractivity contribution is -0.384. The zero-order valence-electron chi connectivity index (χ0n) is 17.2. The van der Waals surface area contributed by atoms with Crippen molar-refractivity contribution in [1.82, 2.24) is 9.88 Å². The van der Waals surface area contributed by atoms with E-state index < -0.39 is 10.7 Å². The summed E-state index contributed by atoms with van der Waals surface area (Å²) in [5.41, 5.74) is 1.92. The van der Waals surface area contributed by atoms with Gasteiger partial charge < -0.3 is 9.73 Å².